The fourth-order valence-electron chi connectivity index (χ4n) is 1.44. The second kappa shape index (κ2) is 6.61. The Bertz CT molecular complexity index is 549. The third-order valence-electron chi connectivity index (χ3n) is 2.68. The van der Waals surface area contributed by atoms with Gasteiger partial charge in [-0.25, -0.2) is 8.78 Å². The number of carbonyl (C=O) groups excluding carboxylic acids is 2. The third kappa shape index (κ3) is 4.02. The molecule has 0 unspecified atom stereocenters. The zero-order valence-corrected chi connectivity index (χ0v) is 11.0. The van der Waals surface area contributed by atoms with Crippen LogP contribution in [0.4, 0.5) is 14.5 Å². The van der Waals surface area contributed by atoms with Crippen molar-refractivity contribution in [3.8, 4) is 6.07 Å². The lowest BCUT2D eigenvalue weighted by molar-refractivity contribution is -0.143. The third-order valence-corrected chi connectivity index (χ3v) is 2.68. The van der Waals surface area contributed by atoms with Crippen molar-refractivity contribution in [3.05, 3.63) is 29.8 Å². The van der Waals surface area contributed by atoms with Gasteiger partial charge in [0, 0.05) is 24.8 Å². The molecule has 0 aliphatic carbocycles. The standard InChI is InChI=1S/C13H13F2N3O2/c1-8(3-4-16)18(2)13(20)12(19)17-11-6-9(14)5-10(15)7-11/h5-8H,3H2,1-2H3,(H,17,19)/t8-/m0/s1. The molecule has 0 aliphatic heterocycles. The van der Waals surface area contributed by atoms with Gasteiger partial charge in [-0.15, -0.1) is 0 Å². The molecule has 1 rings (SSSR count). The van der Waals surface area contributed by atoms with Gasteiger partial charge in [0.2, 0.25) is 0 Å². The molecule has 20 heavy (non-hydrogen) atoms. The molecular formula is C13H13F2N3O2. The van der Waals surface area contributed by atoms with E-state index in [9.17, 15) is 18.4 Å². The fraction of sp³-hybridized carbons (Fsp3) is 0.308. The predicted molar refractivity (Wildman–Crippen MR) is 67.4 cm³/mol. The van der Waals surface area contributed by atoms with E-state index in [1.807, 2.05) is 6.07 Å². The molecule has 0 aromatic heterocycles. The summed E-state index contributed by atoms with van der Waals surface area (Å²) < 4.78 is 25.9. The molecule has 0 saturated carbocycles. The van der Waals surface area contributed by atoms with Crippen LogP contribution in [0.3, 0.4) is 0 Å². The zero-order chi connectivity index (χ0) is 15.3. The molecule has 0 bridgehead atoms. The number of anilines is 1. The highest BCUT2D eigenvalue weighted by atomic mass is 19.1. The van der Waals surface area contributed by atoms with E-state index in [0.29, 0.717) is 6.07 Å². The van der Waals surface area contributed by atoms with Gasteiger partial charge in [-0.1, -0.05) is 0 Å². The lowest BCUT2D eigenvalue weighted by Crippen LogP contribution is -2.42. The number of benzene rings is 1. The average molecular weight is 281 g/mol. The molecule has 0 saturated heterocycles. The molecule has 1 N–H and O–H groups in total. The average Bonchev–Trinajstić information content (AvgIpc) is 2.35. The number of hydrogen-bond donors (Lipinski definition) is 1. The Kier molecular flexibility index (Phi) is 5.15. The van der Waals surface area contributed by atoms with Crippen LogP contribution in [0.5, 0.6) is 0 Å². The van der Waals surface area contributed by atoms with E-state index in [2.05, 4.69) is 5.32 Å². The van der Waals surface area contributed by atoms with Crippen molar-refractivity contribution >= 4 is 17.5 Å². The van der Waals surface area contributed by atoms with Crippen LogP contribution in [0.2, 0.25) is 0 Å². The number of rotatable bonds is 3. The van der Waals surface area contributed by atoms with Crippen LogP contribution >= 0.6 is 0 Å². The van der Waals surface area contributed by atoms with Crippen LogP contribution in [0.15, 0.2) is 18.2 Å². The SMILES string of the molecule is C[C@@H](CC#N)N(C)C(=O)C(=O)Nc1cc(F)cc(F)c1. The smallest absolute Gasteiger partial charge is 0.313 e. The molecule has 1 atom stereocenters. The van der Waals surface area contributed by atoms with Gasteiger partial charge in [-0.3, -0.25) is 9.59 Å². The second-order valence-corrected chi connectivity index (χ2v) is 4.24. The van der Waals surface area contributed by atoms with Gasteiger partial charge in [-0.2, -0.15) is 5.26 Å². The monoisotopic (exact) mass is 281 g/mol. The van der Waals surface area contributed by atoms with Gasteiger partial charge < -0.3 is 10.2 Å². The number of carbonyl (C=O) groups is 2. The van der Waals surface area contributed by atoms with Crippen LogP contribution in [0.25, 0.3) is 0 Å². The van der Waals surface area contributed by atoms with E-state index in [4.69, 9.17) is 5.26 Å². The van der Waals surface area contributed by atoms with E-state index < -0.39 is 29.5 Å². The summed E-state index contributed by atoms with van der Waals surface area (Å²) >= 11 is 0. The van der Waals surface area contributed by atoms with Crippen molar-refractivity contribution in [2.45, 2.75) is 19.4 Å². The number of nitriles is 1. The minimum atomic E-state index is -1.03. The summed E-state index contributed by atoms with van der Waals surface area (Å²) in [6.45, 7) is 1.61. The number of halogens is 2. The van der Waals surface area contributed by atoms with E-state index >= 15 is 0 Å². The lowest BCUT2D eigenvalue weighted by atomic mass is 10.2. The van der Waals surface area contributed by atoms with Gasteiger partial charge in [0.1, 0.15) is 11.6 Å². The van der Waals surface area contributed by atoms with Crippen molar-refractivity contribution < 1.29 is 18.4 Å². The van der Waals surface area contributed by atoms with Crippen LogP contribution in [0.1, 0.15) is 13.3 Å². The van der Waals surface area contributed by atoms with E-state index in [0.717, 1.165) is 17.0 Å². The number of likely N-dealkylation sites (N-methyl/N-ethyl adjacent to an activating group) is 1. The lowest BCUT2D eigenvalue weighted by Gasteiger charge is -2.22. The van der Waals surface area contributed by atoms with E-state index in [-0.39, 0.29) is 12.1 Å². The van der Waals surface area contributed by atoms with Gasteiger partial charge in [0.15, 0.2) is 0 Å². The van der Waals surface area contributed by atoms with Crippen molar-refractivity contribution in [3.63, 3.8) is 0 Å². The number of amides is 2. The molecule has 0 radical (unpaired) electrons. The first-order valence-electron chi connectivity index (χ1n) is 5.76. The minimum absolute atomic E-state index is 0.0735. The number of hydrogen-bond acceptors (Lipinski definition) is 3. The van der Waals surface area contributed by atoms with Gasteiger partial charge in [0.05, 0.1) is 12.5 Å². The summed E-state index contributed by atoms with van der Waals surface area (Å²) in [6, 6.07) is 3.88. The fourth-order valence-corrected chi connectivity index (χ4v) is 1.44. The van der Waals surface area contributed by atoms with Crippen LogP contribution in [-0.2, 0) is 9.59 Å². The molecule has 2 amide bonds. The summed E-state index contributed by atoms with van der Waals surface area (Å²) in [4.78, 5) is 24.5. The van der Waals surface area contributed by atoms with Gasteiger partial charge >= 0.3 is 11.8 Å². The van der Waals surface area contributed by atoms with Crippen molar-refractivity contribution in [2.75, 3.05) is 12.4 Å². The summed E-state index contributed by atoms with van der Waals surface area (Å²) in [5, 5.41) is 10.6. The first-order valence-corrected chi connectivity index (χ1v) is 5.76. The van der Waals surface area contributed by atoms with Crippen molar-refractivity contribution in [2.24, 2.45) is 0 Å². The van der Waals surface area contributed by atoms with Crippen LogP contribution in [-0.4, -0.2) is 29.8 Å². The quantitative estimate of drug-likeness (QED) is 0.856. The first-order chi connectivity index (χ1) is 9.35. The Morgan fingerprint density at radius 1 is 1.35 bits per heavy atom. The second-order valence-electron chi connectivity index (χ2n) is 4.24. The summed E-state index contributed by atoms with van der Waals surface area (Å²) in [5.41, 5.74) is -0.151. The zero-order valence-electron chi connectivity index (χ0n) is 11.0. The van der Waals surface area contributed by atoms with Gasteiger partial charge in [-0.05, 0) is 19.1 Å². The molecule has 106 valence electrons. The molecule has 1 aromatic rings. The molecule has 7 heteroatoms. The maximum Gasteiger partial charge on any atom is 0.313 e. The molecule has 0 aliphatic rings. The molecule has 0 heterocycles. The topological polar surface area (TPSA) is 73.2 Å². The number of nitrogens with zero attached hydrogens (tertiary/aromatic N) is 2. The Morgan fingerprint density at radius 3 is 2.40 bits per heavy atom. The molecule has 0 fully saturated rings. The normalized spacial score (nSPS) is 11.3. The van der Waals surface area contributed by atoms with E-state index in [1.165, 1.54) is 7.05 Å². The van der Waals surface area contributed by atoms with E-state index in [1.54, 1.807) is 6.92 Å². The maximum absolute atomic E-state index is 12.9. The van der Waals surface area contributed by atoms with Crippen LogP contribution < -0.4 is 5.32 Å². The Balaban J connectivity index is 2.75. The largest absolute Gasteiger partial charge is 0.334 e. The van der Waals surface area contributed by atoms with Crippen LogP contribution in [0, 0.1) is 23.0 Å². The molecular weight excluding hydrogens is 268 g/mol. The summed E-state index contributed by atoms with van der Waals surface area (Å²) in [6.07, 6.45) is 0.0735. The predicted octanol–water partition coefficient (Wildman–Crippen LogP) is 1.66. The Labute approximate surface area is 114 Å². The molecule has 1 aromatic carbocycles. The van der Waals surface area contributed by atoms with Crippen molar-refractivity contribution in [1.29, 1.82) is 5.26 Å². The van der Waals surface area contributed by atoms with Gasteiger partial charge in [0.25, 0.3) is 0 Å². The number of nitrogens with one attached hydrogen (secondary N) is 1. The maximum atomic E-state index is 12.9. The van der Waals surface area contributed by atoms with Crippen molar-refractivity contribution in [1.82, 2.24) is 4.90 Å². The Hall–Kier alpha value is -2.49. The Morgan fingerprint density at radius 2 is 1.90 bits per heavy atom. The summed E-state index contributed by atoms with van der Waals surface area (Å²) in [7, 11) is 1.37. The summed E-state index contributed by atoms with van der Waals surface area (Å²) in [5.74, 6) is -3.64. The highest BCUT2D eigenvalue weighted by Crippen LogP contribution is 2.13. The molecule has 5 nitrogen and oxygen atoms in total. The first kappa shape index (κ1) is 15.6. The highest BCUT2D eigenvalue weighted by molar-refractivity contribution is 6.39. The highest BCUT2D eigenvalue weighted by Gasteiger charge is 2.23. The minimum Gasteiger partial charge on any atom is -0.334 e. The molecule has 0 spiro atoms.